The number of benzene rings is 1. The van der Waals surface area contributed by atoms with Gasteiger partial charge in [-0.1, -0.05) is 62.2 Å². The molecule has 0 fully saturated rings. The summed E-state index contributed by atoms with van der Waals surface area (Å²) in [4.78, 5) is 0. The van der Waals surface area contributed by atoms with Crippen LogP contribution in [0.1, 0.15) is 26.3 Å². The van der Waals surface area contributed by atoms with Crippen LogP contribution in [0.5, 0.6) is 5.75 Å². The second-order valence-electron chi connectivity index (χ2n) is 4.59. The monoisotopic (exact) mass is 258 g/mol. The van der Waals surface area contributed by atoms with Crippen molar-refractivity contribution >= 4 is 23.2 Å². The zero-order valence-corrected chi connectivity index (χ0v) is 11.3. The zero-order valence-electron chi connectivity index (χ0n) is 9.76. The van der Waals surface area contributed by atoms with Gasteiger partial charge in [0.15, 0.2) is 0 Å². The van der Waals surface area contributed by atoms with Crippen LogP contribution >= 0.6 is 23.2 Å². The average molecular weight is 259 g/mol. The smallest absolute Gasteiger partial charge is 0.125 e. The Bertz CT molecular complexity index is 378. The van der Waals surface area contributed by atoms with Gasteiger partial charge in [-0.15, -0.1) is 0 Å². The largest absolute Gasteiger partial charge is 0.488 e. The fourth-order valence-electron chi connectivity index (χ4n) is 1.39. The van der Waals surface area contributed by atoms with Crippen LogP contribution in [0.25, 0.3) is 0 Å². The van der Waals surface area contributed by atoms with Crippen molar-refractivity contribution in [2.24, 2.45) is 0 Å². The quantitative estimate of drug-likeness (QED) is 0.765. The molecule has 0 aliphatic rings. The molecule has 0 aliphatic heterocycles. The molecule has 0 heterocycles. The van der Waals surface area contributed by atoms with Gasteiger partial charge in [0.1, 0.15) is 12.4 Å². The molecule has 0 bridgehead atoms. The Kier molecular flexibility index (Phi) is 4.69. The van der Waals surface area contributed by atoms with E-state index in [4.69, 9.17) is 27.9 Å². The van der Waals surface area contributed by atoms with E-state index in [2.05, 4.69) is 26.8 Å². The van der Waals surface area contributed by atoms with E-state index in [1.165, 1.54) is 5.54 Å². The number of hydrogen-bond acceptors (Lipinski definition) is 1. The molecule has 0 spiro atoms. The van der Waals surface area contributed by atoms with E-state index in [1.54, 1.807) is 0 Å². The maximum atomic E-state index is 5.79. The molecule has 1 aromatic rings. The highest BCUT2D eigenvalue weighted by Gasteiger charge is 2.18. The molecule has 16 heavy (non-hydrogen) atoms. The highest BCUT2D eigenvalue weighted by atomic mass is 35.5. The van der Waals surface area contributed by atoms with Crippen molar-refractivity contribution in [2.45, 2.75) is 26.2 Å². The molecule has 0 saturated heterocycles. The van der Waals surface area contributed by atoms with Crippen molar-refractivity contribution < 1.29 is 4.74 Å². The highest BCUT2D eigenvalue weighted by molar-refractivity contribution is 6.36. The summed E-state index contributed by atoms with van der Waals surface area (Å²) in [6.45, 7) is 6.74. The summed E-state index contributed by atoms with van der Waals surface area (Å²) < 4.78 is 5.63. The first kappa shape index (κ1) is 13.4. The fourth-order valence-corrected chi connectivity index (χ4v) is 1.51. The Labute approximate surface area is 107 Å². The lowest BCUT2D eigenvalue weighted by atomic mass is 9.86. The fraction of sp³-hybridized carbons (Fsp3) is 0.385. The summed E-state index contributed by atoms with van der Waals surface area (Å²) in [5.41, 5.74) is 2.53. The third-order valence-electron chi connectivity index (χ3n) is 2.18. The Hall–Kier alpha value is -0.660. The lowest BCUT2D eigenvalue weighted by molar-refractivity contribution is 0.347. The van der Waals surface area contributed by atoms with Gasteiger partial charge in [0.05, 0.1) is 5.03 Å². The number of rotatable bonds is 3. The van der Waals surface area contributed by atoms with E-state index >= 15 is 0 Å². The van der Waals surface area contributed by atoms with E-state index < -0.39 is 0 Å². The van der Waals surface area contributed by atoms with Gasteiger partial charge in [-0.3, -0.25) is 0 Å². The summed E-state index contributed by atoms with van der Waals surface area (Å²) in [5, 5.41) is 0.491. The van der Waals surface area contributed by atoms with Gasteiger partial charge in [0, 0.05) is 5.54 Å². The predicted molar refractivity (Wildman–Crippen MR) is 70.4 cm³/mol. The Morgan fingerprint density at radius 2 is 1.94 bits per heavy atom. The molecule has 1 nitrogen and oxygen atoms in total. The topological polar surface area (TPSA) is 9.23 Å². The normalized spacial score (nSPS) is 12.7. The Balaban J connectivity index is 2.88. The van der Waals surface area contributed by atoms with Gasteiger partial charge in [-0.25, -0.2) is 0 Å². The molecule has 0 aromatic heterocycles. The summed E-state index contributed by atoms with van der Waals surface area (Å²) >= 11 is 11.3. The summed E-state index contributed by atoms with van der Waals surface area (Å²) in [5.74, 6) is 0.853. The number of para-hydroxylation sites is 1. The number of hydrogen-bond donors (Lipinski definition) is 0. The second kappa shape index (κ2) is 5.60. The van der Waals surface area contributed by atoms with Crippen LogP contribution in [0.4, 0.5) is 0 Å². The summed E-state index contributed by atoms with van der Waals surface area (Å²) in [7, 11) is 0. The minimum Gasteiger partial charge on any atom is -0.488 e. The van der Waals surface area contributed by atoms with Gasteiger partial charge < -0.3 is 4.74 Å². The predicted octanol–water partition coefficient (Wildman–Crippen LogP) is 4.68. The van der Waals surface area contributed by atoms with E-state index in [-0.39, 0.29) is 5.41 Å². The molecule has 0 saturated carbocycles. The van der Waals surface area contributed by atoms with Crippen LogP contribution in [-0.4, -0.2) is 6.61 Å². The van der Waals surface area contributed by atoms with Gasteiger partial charge in [-0.2, -0.15) is 0 Å². The van der Waals surface area contributed by atoms with Crippen LogP contribution in [0.2, 0.25) is 0 Å². The minimum atomic E-state index is 0.0494. The van der Waals surface area contributed by atoms with Crippen molar-refractivity contribution in [3.05, 3.63) is 40.4 Å². The Morgan fingerprint density at radius 3 is 2.50 bits per heavy atom. The lowest BCUT2D eigenvalue weighted by Gasteiger charge is -2.22. The summed E-state index contributed by atoms with van der Waals surface area (Å²) in [6, 6.07) is 7.96. The third kappa shape index (κ3) is 3.73. The van der Waals surface area contributed by atoms with E-state index in [0.29, 0.717) is 11.6 Å². The molecule has 0 amide bonds. The first-order valence-corrected chi connectivity index (χ1v) is 5.93. The SMILES string of the molecule is CC(C)(C)c1ccccc1OCC(Cl)=CCl. The van der Waals surface area contributed by atoms with Gasteiger partial charge in [-0.05, 0) is 17.0 Å². The van der Waals surface area contributed by atoms with Crippen LogP contribution in [0, 0.1) is 0 Å². The van der Waals surface area contributed by atoms with Crippen molar-refractivity contribution in [1.29, 1.82) is 0 Å². The van der Waals surface area contributed by atoms with Crippen LogP contribution in [0.3, 0.4) is 0 Å². The molecule has 0 atom stereocenters. The van der Waals surface area contributed by atoms with Crippen molar-refractivity contribution in [1.82, 2.24) is 0 Å². The molecule has 0 radical (unpaired) electrons. The number of ether oxygens (including phenoxy) is 1. The van der Waals surface area contributed by atoms with Crippen molar-refractivity contribution in [2.75, 3.05) is 6.61 Å². The molecule has 0 N–H and O–H groups in total. The second-order valence-corrected chi connectivity index (χ2v) is 5.29. The minimum absolute atomic E-state index is 0.0494. The van der Waals surface area contributed by atoms with Gasteiger partial charge in [0.2, 0.25) is 0 Å². The lowest BCUT2D eigenvalue weighted by Crippen LogP contribution is -2.13. The van der Waals surface area contributed by atoms with Crippen molar-refractivity contribution in [3.63, 3.8) is 0 Å². The third-order valence-corrected chi connectivity index (χ3v) is 2.77. The van der Waals surface area contributed by atoms with E-state index in [1.807, 2.05) is 18.2 Å². The molecule has 1 rings (SSSR count). The van der Waals surface area contributed by atoms with Gasteiger partial charge >= 0.3 is 0 Å². The van der Waals surface area contributed by atoms with Crippen LogP contribution < -0.4 is 4.74 Å². The molecule has 0 aliphatic carbocycles. The van der Waals surface area contributed by atoms with E-state index in [0.717, 1.165) is 11.3 Å². The van der Waals surface area contributed by atoms with Gasteiger partial charge in [0.25, 0.3) is 0 Å². The van der Waals surface area contributed by atoms with E-state index in [9.17, 15) is 0 Å². The molecule has 0 unspecified atom stereocenters. The maximum Gasteiger partial charge on any atom is 0.125 e. The molecular formula is C13H16Cl2O. The van der Waals surface area contributed by atoms with Crippen molar-refractivity contribution in [3.8, 4) is 5.75 Å². The average Bonchev–Trinajstić information content (AvgIpc) is 2.25. The first-order chi connectivity index (χ1) is 7.45. The molecular weight excluding hydrogens is 243 g/mol. The number of halogens is 2. The standard InChI is InChI=1S/C13H16Cl2O/c1-13(2,3)11-6-4-5-7-12(11)16-9-10(15)8-14/h4-8H,9H2,1-3H3. The Morgan fingerprint density at radius 1 is 1.31 bits per heavy atom. The van der Waals surface area contributed by atoms with Crippen LogP contribution in [0.15, 0.2) is 34.8 Å². The van der Waals surface area contributed by atoms with Crippen LogP contribution in [-0.2, 0) is 5.41 Å². The highest BCUT2D eigenvalue weighted by Crippen LogP contribution is 2.31. The zero-order chi connectivity index (χ0) is 12.2. The summed E-state index contributed by atoms with van der Waals surface area (Å²) in [6.07, 6.45) is 0. The first-order valence-electron chi connectivity index (χ1n) is 5.12. The maximum absolute atomic E-state index is 5.79. The molecule has 88 valence electrons. The molecule has 3 heteroatoms. The molecule has 1 aromatic carbocycles.